The minimum atomic E-state index is -1.56. The summed E-state index contributed by atoms with van der Waals surface area (Å²) in [7, 11) is 1.53. The molecule has 9 heteroatoms. The summed E-state index contributed by atoms with van der Waals surface area (Å²) in [6.45, 7) is 5.12. The third kappa shape index (κ3) is 4.77. The van der Waals surface area contributed by atoms with E-state index in [9.17, 15) is 19.1 Å². The summed E-state index contributed by atoms with van der Waals surface area (Å²) in [5.41, 5.74) is 6.60. The van der Waals surface area contributed by atoms with Gasteiger partial charge in [0.2, 0.25) is 5.91 Å². The zero-order chi connectivity index (χ0) is 28.8. The summed E-state index contributed by atoms with van der Waals surface area (Å²) in [5.74, 6) is -0.340. The Morgan fingerprint density at radius 3 is 2.55 bits per heavy atom. The number of ether oxygens (including phenoxy) is 2. The number of carbonyl (C=O) groups excluding carboxylic acids is 2. The molecule has 0 spiro atoms. The van der Waals surface area contributed by atoms with Crippen molar-refractivity contribution in [2.75, 3.05) is 13.7 Å². The van der Waals surface area contributed by atoms with Crippen molar-refractivity contribution < 1.29 is 28.6 Å². The monoisotopic (exact) mass is 543 g/mol. The highest BCUT2D eigenvalue weighted by Crippen LogP contribution is 2.46. The molecule has 2 aromatic heterocycles. The van der Waals surface area contributed by atoms with Crippen LogP contribution in [0.5, 0.6) is 11.5 Å². The van der Waals surface area contributed by atoms with Gasteiger partial charge in [0.05, 0.1) is 12.8 Å². The molecular formula is C31H30FN3O5. The molecule has 0 radical (unpaired) electrons. The Morgan fingerprint density at radius 2 is 1.88 bits per heavy atom. The summed E-state index contributed by atoms with van der Waals surface area (Å²) < 4.78 is 25.0. The molecule has 0 saturated carbocycles. The number of nitrogens with zero attached hydrogens (tertiary/aromatic N) is 2. The Hall–Kier alpha value is -4.37. The lowest BCUT2D eigenvalue weighted by Gasteiger charge is -2.26. The molecule has 3 heterocycles. The standard InChI is InChI=1S/C31H30FN3O5/c1-17-5-6-19-13-20(14-24(39-4)26(19)34-17)23(36)11-12-31(3,38)25-15-22-28(40-16-30(22,2)29(33)37)27(35-25)18-7-9-21(32)10-8-18/h5-10,13-15,38H,11-12,16H2,1-4H3,(H2,33,37)/t30-,31-/m0/s1. The first kappa shape index (κ1) is 27.2. The van der Waals surface area contributed by atoms with Crippen molar-refractivity contribution in [3.63, 3.8) is 0 Å². The predicted molar refractivity (Wildman–Crippen MR) is 148 cm³/mol. The van der Waals surface area contributed by atoms with Gasteiger partial charge in [-0.1, -0.05) is 6.07 Å². The number of amides is 1. The van der Waals surface area contributed by atoms with E-state index in [1.807, 2.05) is 19.1 Å². The number of hydrogen-bond donors (Lipinski definition) is 2. The smallest absolute Gasteiger partial charge is 0.231 e. The number of rotatable bonds is 8. The minimum absolute atomic E-state index is 0.00911. The molecule has 1 aliphatic rings. The Kier molecular flexibility index (Phi) is 6.79. The number of primary amides is 1. The Morgan fingerprint density at radius 1 is 1.15 bits per heavy atom. The number of pyridine rings is 2. The average molecular weight is 544 g/mol. The number of hydrogen-bond acceptors (Lipinski definition) is 7. The molecule has 2 aromatic carbocycles. The number of aliphatic hydroxyl groups is 1. The number of benzene rings is 2. The van der Waals surface area contributed by atoms with Crippen molar-refractivity contribution in [2.24, 2.45) is 5.73 Å². The van der Waals surface area contributed by atoms with E-state index in [0.717, 1.165) is 11.1 Å². The van der Waals surface area contributed by atoms with Crippen molar-refractivity contribution >= 4 is 22.6 Å². The maximum atomic E-state index is 13.6. The zero-order valence-electron chi connectivity index (χ0n) is 22.7. The number of halogens is 1. The van der Waals surface area contributed by atoms with Gasteiger partial charge in [-0.3, -0.25) is 9.59 Å². The highest BCUT2D eigenvalue weighted by atomic mass is 19.1. The summed E-state index contributed by atoms with van der Waals surface area (Å²) >= 11 is 0. The molecule has 0 saturated heterocycles. The van der Waals surface area contributed by atoms with Crippen LogP contribution in [0.3, 0.4) is 0 Å². The van der Waals surface area contributed by atoms with Crippen LogP contribution in [-0.2, 0) is 15.8 Å². The largest absolute Gasteiger partial charge is 0.494 e. The van der Waals surface area contributed by atoms with Crippen LogP contribution in [0.15, 0.2) is 54.6 Å². The molecule has 0 unspecified atom stereocenters. The van der Waals surface area contributed by atoms with Crippen molar-refractivity contribution in [3.8, 4) is 22.8 Å². The second-order valence-electron chi connectivity index (χ2n) is 10.6. The number of aromatic nitrogens is 2. The molecule has 2 atom stereocenters. The van der Waals surface area contributed by atoms with Gasteiger partial charge in [0.1, 0.15) is 46.1 Å². The summed E-state index contributed by atoms with van der Waals surface area (Å²) in [4.78, 5) is 34.9. The molecule has 0 aliphatic carbocycles. The van der Waals surface area contributed by atoms with Crippen molar-refractivity contribution in [1.29, 1.82) is 0 Å². The second kappa shape index (κ2) is 9.98. The first-order valence-electron chi connectivity index (χ1n) is 12.9. The highest BCUT2D eigenvalue weighted by molar-refractivity contribution is 6.01. The molecule has 1 aliphatic heterocycles. The van der Waals surface area contributed by atoms with Gasteiger partial charge in [-0.25, -0.2) is 14.4 Å². The van der Waals surface area contributed by atoms with E-state index in [2.05, 4.69) is 9.97 Å². The Labute approximate surface area is 231 Å². The second-order valence-corrected chi connectivity index (χ2v) is 10.6. The van der Waals surface area contributed by atoms with E-state index in [4.69, 9.17) is 15.2 Å². The quantitative estimate of drug-likeness (QED) is 0.307. The zero-order valence-corrected chi connectivity index (χ0v) is 22.7. The van der Waals surface area contributed by atoms with Crippen LogP contribution in [0.4, 0.5) is 4.39 Å². The summed E-state index contributed by atoms with van der Waals surface area (Å²) in [6.07, 6.45) is 0.0519. The van der Waals surface area contributed by atoms with Gasteiger partial charge in [-0.05, 0) is 75.7 Å². The van der Waals surface area contributed by atoms with Crippen LogP contribution in [0.1, 0.15) is 54.0 Å². The molecule has 0 fully saturated rings. The van der Waals surface area contributed by atoms with E-state index in [-0.39, 0.29) is 30.9 Å². The number of Topliss-reactive ketones (excluding diaryl/α,β-unsaturated/α-hetero) is 1. The maximum absolute atomic E-state index is 13.6. The maximum Gasteiger partial charge on any atom is 0.231 e. The molecule has 4 aromatic rings. The van der Waals surface area contributed by atoms with Crippen LogP contribution >= 0.6 is 0 Å². The van der Waals surface area contributed by atoms with Gasteiger partial charge in [0, 0.05) is 34.2 Å². The molecule has 3 N–H and O–H groups in total. The number of methoxy groups -OCH3 is 1. The van der Waals surface area contributed by atoms with Gasteiger partial charge in [-0.2, -0.15) is 0 Å². The van der Waals surface area contributed by atoms with Crippen LogP contribution in [-0.4, -0.2) is 40.5 Å². The first-order valence-corrected chi connectivity index (χ1v) is 12.9. The van der Waals surface area contributed by atoms with Crippen LogP contribution in [0.2, 0.25) is 0 Å². The molecule has 0 bridgehead atoms. The highest BCUT2D eigenvalue weighted by Gasteiger charge is 2.45. The topological polar surface area (TPSA) is 125 Å². The van der Waals surface area contributed by atoms with Gasteiger partial charge >= 0.3 is 0 Å². The number of fused-ring (bicyclic) bond motifs is 2. The Balaban J connectivity index is 1.49. The fourth-order valence-electron chi connectivity index (χ4n) is 4.91. The number of aryl methyl sites for hydroxylation is 1. The van der Waals surface area contributed by atoms with Crippen molar-refractivity contribution in [1.82, 2.24) is 9.97 Å². The van der Waals surface area contributed by atoms with Crippen molar-refractivity contribution in [3.05, 3.63) is 82.9 Å². The van der Waals surface area contributed by atoms with E-state index in [0.29, 0.717) is 39.4 Å². The van der Waals surface area contributed by atoms with E-state index in [1.54, 1.807) is 44.2 Å². The first-order chi connectivity index (χ1) is 18.9. The van der Waals surface area contributed by atoms with Crippen LogP contribution < -0.4 is 15.2 Å². The third-order valence-electron chi connectivity index (χ3n) is 7.56. The lowest BCUT2D eigenvalue weighted by molar-refractivity contribution is -0.123. The van der Waals surface area contributed by atoms with Crippen LogP contribution in [0, 0.1) is 12.7 Å². The molecular weight excluding hydrogens is 513 g/mol. The fourth-order valence-corrected chi connectivity index (χ4v) is 4.91. The van der Waals surface area contributed by atoms with Crippen molar-refractivity contribution in [2.45, 2.75) is 44.6 Å². The molecule has 40 heavy (non-hydrogen) atoms. The van der Waals surface area contributed by atoms with Gasteiger partial charge in [-0.15, -0.1) is 0 Å². The lowest BCUT2D eigenvalue weighted by Crippen LogP contribution is -2.40. The molecule has 8 nitrogen and oxygen atoms in total. The van der Waals surface area contributed by atoms with Gasteiger partial charge in [0.25, 0.3) is 0 Å². The molecule has 5 rings (SSSR count). The van der Waals surface area contributed by atoms with Gasteiger partial charge in [0.15, 0.2) is 5.78 Å². The number of nitrogens with two attached hydrogens (primary N) is 1. The number of carbonyl (C=O) groups is 2. The van der Waals surface area contributed by atoms with E-state index < -0.39 is 22.7 Å². The number of ketones is 1. The fraction of sp³-hybridized carbons (Fsp3) is 0.290. The third-order valence-corrected chi connectivity index (χ3v) is 7.56. The minimum Gasteiger partial charge on any atom is -0.494 e. The average Bonchev–Trinajstić information content (AvgIpc) is 3.29. The van der Waals surface area contributed by atoms with Gasteiger partial charge < -0.3 is 20.3 Å². The molecule has 206 valence electrons. The molecule has 1 amide bonds. The predicted octanol–water partition coefficient (Wildman–Crippen LogP) is 4.76. The summed E-state index contributed by atoms with van der Waals surface area (Å²) in [5, 5.41) is 12.3. The van der Waals surface area contributed by atoms with Crippen LogP contribution in [0.25, 0.3) is 22.2 Å². The van der Waals surface area contributed by atoms with E-state index in [1.165, 1.54) is 19.2 Å². The summed E-state index contributed by atoms with van der Waals surface area (Å²) in [6, 6.07) is 14.5. The Bertz CT molecular complexity index is 1650. The SMILES string of the molecule is COc1cc(C(=O)CC[C@](C)(O)c2cc3c(c(-c4ccc(F)cc4)n2)OC[C@]3(C)C(N)=O)cc2ccc(C)nc12. The lowest BCUT2D eigenvalue weighted by atomic mass is 9.81. The normalized spacial score (nSPS) is 17.6. The van der Waals surface area contributed by atoms with E-state index >= 15 is 0 Å².